The molecule has 0 radical (unpaired) electrons. The Morgan fingerprint density at radius 3 is 1.33 bits per heavy atom. The van der Waals surface area contributed by atoms with Crippen LogP contribution in [0.2, 0.25) is 0 Å². The molecule has 0 unspecified atom stereocenters. The normalized spacial score (nSPS) is 12.0. The van der Waals surface area contributed by atoms with Gasteiger partial charge in [0.15, 0.2) is 22.3 Å². The molecule has 4 heterocycles. The second-order valence-electron chi connectivity index (χ2n) is 17.9. The number of fused-ring (bicyclic) bond motifs is 15. The van der Waals surface area contributed by atoms with E-state index in [0.717, 1.165) is 121 Å². The number of furan rings is 4. The van der Waals surface area contributed by atoms with Gasteiger partial charge < -0.3 is 27.5 Å². The number of hydrogen-bond acceptors (Lipinski definition) is 7. The lowest BCUT2D eigenvalue weighted by Gasteiger charge is -2.25. The van der Waals surface area contributed by atoms with Gasteiger partial charge in [0.25, 0.3) is 0 Å². The van der Waals surface area contributed by atoms with E-state index >= 15 is 0 Å². The zero-order valence-corrected chi connectivity index (χ0v) is 37.2. The van der Waals surface area contributed by atoms with Crippen molar-refractivity contribution in [2.75, 3.05) is 9.80 Å². The molecule has 0 N–H and O–H groups in total. The van der Waals surface area contributed by atoms with Gasteiger partial charge in [-0.15, -0.1) is 0 Å². The van der Waals surface area contributed by atoms with Crippen LogP contribution < -0.4 is 9.80 Å². The molecular formula is C63H35N3O4. The van der Waals surface area contributed by atoms with Crippen LogP contribution in [0.5, 0.6) is 0 Å². The first-order valence-electron chi connectivity index (χ1n) is 23.3. The van der Waals surface area contributed by atoms with Crippen LogP contribution in [0.15, 0.2) is 230 Å². The number of hydrogen-bond donors (Lipinski definition) is 0. The lowest BCUT2D eigenvalue weighted by Crippen LogP contribution is -2.10. The Balaban J connectivity index is 0.878. The molecular weight excluding hydrogens is 863 g/mol. The van der Waals surface area contributed by atoms with Crippen molar-refractivity contribution in [2.24, 2.45) is 0 Å². The summed E-state index contributed by atoms with van der Waals surface area (Å²) in [7, 11) is 0. The summed E-state index contributed by atoms with van der Waals surface area (Å²) in [5.41, 5.74) is 12.2. The molecule has 11 aromatic carbocycles. The molecule has 0 spiro atoms. The molecule has 326 valence electrons. The number of nitrogens with zero attached hydrogens (tertiary/aromatic N) is 3. The Morgan fingerprint density at radius 1 is 0.300 bits per heavy atom. The van der Waals surface area contributed by atoms with E-state index in [1.165, 1.54) is 0 Å². The Hall–Kier alpha value is -9.77. The van der Waals surface area contributed by atoms with Gasteiger partial charge in [-0.05, 0) is 125 Å². The average Bonchev–Trinajstić information content (AvgIpc) is 4.19. The maximum Gasteiger partial charge on any atom is 0.179 e. The molecule has 15 rings (SSSR count). The Kier molecular flexibility index (Phi) is 8.01. The summed E-state index contributed by atoms with van der Waals surface area (Å²) >= 11 is 0. The molecule has 0 amide bonds. The van der Waals surface area contributed by atoms with Crippen molar-refractivity contribution in [3.63, 3.8) is 0 Å². The summed E-state index contributed by atoms with van der Waals surface area (Å²) in [4.78, 5) is 4.49. The van der Waals surface area contributed by atoms with Gasteiger partial charge in [0.2, 0.25) is 0 Å². The van der Waals surface area contributed by atoms with E-state index in [1.807, 2.05) is 54.6 Å². The van der Waals surface area contributed by atoms with Gasteiger partial charge in [-0.25, -0.2) is 0 Å². The summed E-state index contributed by atoms with van der Waals surface area (Å²) in [6.45, 7) is 0. The minimum atomic E-state index is 0.530. The second kappa shape index (κ2) is 14.6. The first kappa shape index (κ1) is 38.3. The first-order chi connectivity index (χ1) is 34.6. The van der Waals surface area contributed by atoms with Crippen molar-refractivity contribution in [3.8, 4) is 6.07 Å². The molecule has 0 fully saturated rings. The van der Waals surface area contributed by atoms with Gasteiger partial charge in [-0.2, -0.15) is 5.26 Å². The van der Waals surface area contributed by atoms with Crippen LogP contribution in [0.3, 0.4) is 0 Å². The summed E-state index contributed by atoms with van der Waals surface area (Å²) in [6.07, 6.45) is 0. The predicted octanol–water partition coefficient (Wildman–Crippen LogP) is 18.4. The number of nitriles is 1. The predicted molar refractivity (Wildman–Crippen MR) is 285 cm³/mol. The Labute approximate surface area is 398 Å². The quantitative estimate of drug-likeness (QED) is 0.164. The standard InChI is InChI=1S/C63H35N3O4/c64-36-41-33-51-50-31-37-25-27-44(65(42-13-3-1-4-14-42)53-21-11-19-48-46-17-7-9-23-55(46)67-60(48)53)29-39(37)34-57(50)69-62(51)63-59(41)52-32-38-26-28-45(30-40(38)35-58(52)70-63)66(43-15-5-2-6-16-43)54-22-12-20-49-47-18-8-10-24-56(47)68-61(49)54/h1-35H. The molecule has 0 aliphatic rings. The number of anilines is 6. The molecule has 0 saturated heterocycles. The van der Waals surface area contributed by atoms with Crippen LogP contribution in [0.4, 0.5) is 34.1 Å². The zero-order valence-electron chi connectivity index (χ0n) is 37.2. The monoisotopic (exact) mass is 897 g/mol. The molecule has 7 heteroatoms. The fourth-order valence-corrected chi connectivity index (χ4v) is 10.8. The third-order valence-electron chi connectivity index (χ3n) is 14.0. The lowest BCUT2D eigenvalue weighted by molar-refractivity contribution is 0.634. The van der Waals surface area contributed by atoms with E-state index in [0.29, 0.717) is 27.9 Å². The van der Waals surface area contributed by atoms with Crippen molar-refractivity contribution >= 4 is 143 Å². The topological polar surface area (TPSA) is 82.8 Å². The molecule has 7 nitrogen and oxygen atoms in total. The maximum atomic E-state index is 10.7. The summed E-state index contributed by atoms with van der Waals surface area (Å²) in [5.74, 6) is 0. The third kappa shape index (κ3) is 5.62. The summed E-state index contributed by atoms with van der Waals surface area (Å²) in [5, 5.41) is 22.4. The van der Waals surface area contributed by atoms with Crippen LogP contribution in [0, 0.1) is 11.3 Å². The van der Waals surface area contributed by atoms with Crippen molar-refractivity contribution in [2.45, 2.75) is 0 Å². The second-order valence-corrected chi connectivity index (χ2v) is 17.9. The van der Waals surface area contributed by atoms with Gasteiger partial charge in [0.1, 0.15) is 22.3 Å². The van der Waals surface area contributed by atoms with E-state index in [-0.39, 0.29) is 0 Å². The van der Waals surface area contributed by atoms with Crippen molar-refractivity contribution in [1.29, 1.82) is 5.26 Å². The SMILES string of the molecule is N#Cc1cc2c3cc4ccc(N(c5ccccc5)c5cccc6c5oc5ccccc56)cc4cc3oc2c2oc3cc4cc(N(c5ccccc5)c5cccc6c5oc5ccccc56)ccc4cc3c12. The fourth-order valence-electron chi connectivity index (χ4n) is 10.8. The highest BCUT2D eigenvalue weighted by molar-refractivity contribution is 6.23. The van der Waals surface area contributed by atoms with Gasteiger partial charge in [0.05, 0.1) is 23.0 Å². The summed E-state index contributed by atoms with van der Waals surface area (Å²) < 4.78 is 26.8. The minimum Gasteiger partial charge on any atom is -0.454 e. The zero-order chi connectivity index (χ0) is 46.0. The van der Waals surface area contributed by atoms with Gasteiger partial charge in [-0.3, -0.25) is 0 Å². The molecule has 15 aromatic rings. The molecule has 0 aliphatic carbocycles. The van der Waals surface area contributed by atoms with Crippen molar-refractivity contribution in [1.82, 2.24) is 0 Å². The molecule has 0 bridgehead atoms. The average molecular weight is 898 g/mol. The smallest absolute Gasteiger partial charge is 0.179 e. The largest absolute Gasteiger partial charge is 0.454 e. The van der Waals surface area contributed by atoms with E-state index in [2.05, 4.69) is 174 Å². The highest BCUT2D eigenvalue weighted by Gasteiger charge is 2.24. The van der Waals surface area contributed by atoms with E-state index in [9.17, 15) is 5.26 Å². The molecule has 0 saturated carbocycles. The Morgan fingerprint density at radius 2 is 0.771 bits per heavy atom. The van der Waals surface area contributed by atoms with Crippen LogP contribution in [-0.4, -0.2) is 0 Å². The van der Waals surface area contributed by atoms with Gasteiger partial charge in [0, 0.05) is 65.8 Å². The van der Waals surface area contributed by atoms with E-state index in [1.54, 1.807) is 0 Å². The van der Waals surface area contributed by atoms with Crippen LogP contribution in [0.25, 0.3) is 109 Å². The number of rotatable bonds is 6. The third-order valence-corrected chi connectivity index (χ3v) is 14.0. The lowest BCUT2D eigenvalue weighted by atomic mass is 10.00. The highest BCUT2D eigenvalue weighted by Crippen LogP contribution is 2.47. The van der Waals surface area contributed by atoms with Crippen LogP contribution >= 0.6 is 0 Å². The van der Waals surface area contributed by atoms with Crippen LogP contribution in [0.1, 0.15) is 5.56 Å². The highest BCUT2D eigenvalue weighted by atomic mass is 16.4. The number of para-hydroxylation sites is 6. The fraction of sp³-hybridized carbons (Fsp3) is 0. The molecule has 0 atom stereocenters. The maximum absolute atomic E-state index is 10.7. The number of benzene rings is 11. The molecule has 70 heavy (non-hydrogen) atoms. The Bertz CT molecular complexity index is 4690. The molecule has 0 aliphatic heterocycles. The first-order valence-corrected chi connectivity index (χ1v) is 23.3. The van der Waals surface area contributed by atoms with Crippen molar-refractivity contribution in [3.05, 3.63) is 218 Å². The summed E-state index contributed by atoms with van der Waals surface area (Å²) in [6, 6.07) is 75.6. The van der Waals surface area contributed by atoms with E-state index < -0.39 is 0 Å². The molecule has 4 aromatic heterocycles. The van der Waals surface area contributed by atoms with Gasteiger partial charge >= 0.3 is 0 Å². The van der Waals surface area contributed by atoms with Crippen molar-refractivity contribution < 1.29 is 17.7 Å². The van der Waals surface area contributed by atoms with E-state index in [4.69, 9.17) is 17.7 Å². The minimum absolute atomic E-state index is 0.530. The van der Waals surface area contributed by atoms with Gasteiger partial charge in [-0.1, -0.05) is 109 Å². The van der Waals surface area contributed by atoms with Crippen LogP contribution in [-0.2, 0) is 0 Å².